The van der Waals surface area contributed by atoms with Crippen LogP contribution in [-0.4, -0.2) is 13.7 Å². The van der Waals surface area contributed by atoms with Crippen molar-refractivity contribution in [1.29, 1.82) is 0 Å². The molecule has 0 aliphatic rings. The molecule has 0 atom stereocenters. The van der Waals surface area contributed by atoms with Crippen LogP contribution in [-0.2, 0) is 6.54 Å². The topological polar surface area (TPSA) is 50.7 Å². The fourth-order valence-corrected chi connectivity index (χ4v) is 3.14. The van der Waals surface area contributed by atoms with Crippen LogP contribution in [0.25, 0.3) is 11.0 Å². The number of rotatable bonds is 3. The zero-order chi connectivity index (χ0) is 12.5. The van der Waals surface area contributed by atoms with Crippen molar-refractivity contribution in [2.45, 2.75) is 13.5 Å². The maximum absolute atomic E-state index is 6.20. The molecule has 0 aliphatic heterocycles. The molecule has 18 heavy (non-hydrogen) atoms. The van der Waals surface area contributed by atoms with Crippen LogP contribution in [0.3, 0.4) is 0 Å². The van der Waals surface area contributed by atoms with E-state index >= 15 is 0 Å². The zero-order valence-corrected chi connectivity index (χ0v) is 11.9. The lowest BCUT2D eigenvalue weighted by molar-refractivity contribution is 1.12. The summed E-state index contributed by atoms with van der Waals surface area (Å²) in [4.78, 5) is 5.42. The summed E-state index contributed by atoms with van der Waals surface area (Å²) in [7, 11) is 0. The maximum Gasteiger partial charge on any atom is 0.129 e. The van der Waals surface area contributed by atoms with Crippen LogP contribution in [0.1, 0.15) is 10.6 Å². The van der Waals surface area contributed by atoms with Gasteiger partial charge in [-0.15, -0.1) is 11.3 Å². The van der Waals surface area contributed by atoms with E-state index in [1.165, 1.54) is 16.6 Å². The van der Waals surface area contributed by atoms with Crippen LogP contribution in [0.15, 0.2) is 17.6 Å². The first kappa shape index (κ1) is 11.8. The smallest absolute Gasteiger partial charge is 0.129 e. The first-order chi connectivity index (χ1) is 8.75. The van der Waals surface area contributed by atoms with E-state index in [1.807, 2.05) is 24.6 Å². The van der Waals surface area contributed by atoms with E-state index in [0.29, 0.717) is 11.6 Å². The molecule has 0 unspecified atom stereocenters. The Labute approximate surface area is 117 Å². The van der Waals surface area contributed by atoms with E-state index in [0.717, 1.165) is 22.4 Å². The molecule has 92 valence electrons. The number of aryl methyl sites for hydroxylation is 1. The van der Waals surface area contributed by atoms with E-state index in [-0.39, 0.29) is 0 Å². The average molecular weight is 297 g/mol. The monoisotopic (exact) mass is 296 g/mol. The fraction of sp³-hybridized carbons (Fsp3) is 0.182. The van der Waals surface area contributed by atoms with Crippen LogP contribution in [0.2, 0.25) is 5.02 Å². The van der Waals surface area contributed by atoms with Gasteiger partial charge in [-0.3, -0.25) is 0 Å². The van der Waals surface area contributed by atoms with Gasteiger partial charge >= 0.3 is 0 Å². The van der Waals surface area contributed by atoms with Gasteiger partial charge in [0.15, 0.2) is 0 Å². The number of thiazole rings is 1. The Kier molecular flexibility index (Phi) is 3.15. The van der Waals surface area contributed by atoms with Gasteiger partial charge in [-0.05, 0) is 19.1 Å². The summed E-state index contributed by atoms with van der Waals surface area (Å²) in [6, 6.07) is 3.72. The highest BCUT2D eigenvalue weighted by atomic mass is 35.5. The standard InChI is InChI=1S/C11H9ClN4S2/c1-6-9(17-5-14-6)4-13-10-7(12)2-3-8-11(10)16-18-15-8/h2-3,5,13H,4H2,1H3. The summed E-state index contributed by atoms with van der Waals surface area (Å²) in [5.41, 5.74) is 5.43. The van der Waals surface area contributed by atoms with Gasteiger partial charge in [-0.1, -0.05) is 11.6 Å². The average Bonchev–Trinajstić information content (AvgIpc) is 2.97. The Morgan fingerprint density at radius 3 is 3.00 bits per heavy atom. The number of aromatic nitrogens is 3. The van der Waals surface area contributed by atoms with E-state index in [9.17, 15) is 0 Å². The first-order valence-corrected chi connectivity index (χ1v) is 7.28. The predicted molar refractivity (Wildman–Crippen MR) is 76.6 cm³/mol. The number of benzene rings is 1. The van der Waals surface area contributed by atoms with Gasteiger partial charge in [0.2, 0.25) is 0 Å². The van der Waals surface area contributed by atoms with Crippen LogP contribution >= 0.6 is 34.7 Å². The maximum atomic E-state index is 6.20. The lowest BCUT2D eigenvalue weighted by atomic mass is 10.2. The molecule has 0 bridgehead atoms. The molecule has 3 rings (SSSR count). The van der Waals surface area contributed by atoms with E-state index in [1.54, 1.807) is 11.3 Å². The summed E-state index contributed by atoms with van der Waals surface area (Å²) in [6.07, 6.45) is 0. The largest absolute Gasteiger partial charge is 0.377 e. The van der Waals surface area contributed by atoms with Gasteiger partial charge in [0.05, 0.1) is 40.2 Å². The van der Waals surface area contributed by atoms with Crippen molar-refractivity contribution in [3.05, 3.63) is 33.2 Å². The molecule has 0 amide bonds. The number of fused-ring (bicyclic) bond motifs is 1. The summed E-state index contributed by atoms with van der Waals surface area (Å²) >= 11 is 9.03. The number of hydrogen-bond donors (Lipinski definition) is 1. The van der Waals surface area contributed by atoms with Crippen molar-refractivity contribution in [3.63, 3.8) is 0 Å². The Hall–Kier alpha value is -1.24. The molecule has 2 aromatic heterocycles. The van der Waals surface area contributed by atoms with Crippen molar-refractivity contribution in [3.8, 4) is 0 Å². The SMILES string of the molecule is Cc1ncsc1CNc1c(Cl)ccc2nsnc12. The highest BCUT2D eigenvalue weighted by molar-refractivity contribution is 7.09. The zero-order valence-electron chi connectivity index (χ0n) is 9.48. The molecule has 1 aromatic carbocycles. The molecule has 0 saturated heterocycles. The third-order valence-corrected chi connectivity index (χ3v) is 4.44. The van der Waals surface area contributed by atoms with E-state index in [2.05, 4.69) is 19.0 Å². The summed E-state index contributed by atoms with van der Waals surface area (Å²) in [5.74, 6) is 0. The van der Waals surface area contributed by atoms with Crippen molar-refractivity contribution in [2.24, 2.45) is 0 Å². The molecule has 4 nitrogen and oxygen atoms in total. The van der Waals surface area contributed by atoms with Crippen LogP contribution in [0.5, 0.6) is 0 Å². The minimum Gasteiger partial charge on any atom is -0.377 e. The third kappa shape index (κ3) is 2.07. The fourth-order valence-electron chi connectivity index (χ4n) is 1.66. The summed E-state index contributed by atoms with van der Waals surface area (Å²) in [6.45, 7) is 2.70. The number of nitrogens with one attached hydrogen (secondary N) is 1. The van der Waals surface area contributed by atoms with Crippen LogP contribution in [0.4, 0.5) is 5.69 Å². The van der Waals surface area contributed by atoms with Gasteiger partial charge in [-0.25, -0.2) is 4.98 Å². The highest BCUT2D eigenvalue weighted by Crippen LogP contribution is 2.30. The van der Waals surface area contributed by atoms with Crippen molar-refractivity contribution in [1.82, 2.24) is 13.7 Å². The quantitative estimate of drug-likeness (QED) is 0.800. The van der Waals surface area contributed by atoms with Crippen molar-refractivity contribution >= 4 is 51.4 Å². The Balaban J connectivity index is 1.92. The van der Waals surface area contributed by atoms with Gasteiger partial charge in [0.25, 0.3) is 0 Å². The van der Waals surface area contributed by atoms with Gasteiger partial charge in [0.1, 0.15) is 11.0 Å². The number of hydrogen-bond acceptors (Lipinski definition) is 6. The lowest BCUT2D eigenvalue weighted by Crippen LogP contribution is -2.00. The second kappa shape index (κ2) is 4.79. The van der Waals surface area contributed by atoms with E-state index < -0.39 is 0 Å². The van der Waals surface area contributed by atoms with Gasteiger partial charge in [-0.2, -0.15) is 8.75 Å². The third-order valence-electron chi connectivity index (χ3n) is 2.65. The second-order valence-corrected chi connectivity index (χ2v) is 5.64. The second-order valence-electron chi connectivity index (χ2n) is 3.77. The van der Waals surface area contributed by atoms with E-state index in [4.69, 9.17) is 11.6 Å². The molecule has 7 heteroatoms. The first-order valence-electron chi connectivity index (χ1n) is 5.29. The lowest BCUT2D eigenvalue weighted by Gasteiger charge is -2.07. The van der Waals surface area contributed by atoms with Crippen LogP contribution < -0.4 is 5.32 Å². The van der Waals surface area contributed by atoms with Crippen LogP contribution in [0, 0.1) is 6.92 Å². The molecule has 3 aromatic rings. The molecule has 0 aliphatic carbocycles. The molecule has 0 saturated carbocycles. The summed E-state index contributed by atoms with van der Waals surface area (Å²) < 4.78 is 8.48. The molecule has 0 spiro atoms. The van der Waals surface area contributed by atoms with Crippen molar-refractivity contribution < 1.29 is 0 Å². The molecular weight excluding hydrogens is 288 g/mol. The van der Waals surface area contributed by atoms with Gasteiger partial charge in [0, 0.05) is 4.88 Å². The molecule has 0 radical (unpaired) electrons. The normalized spacial score (nSPS) is 11.0. The Bertz CT molecular complexity index is 691. The molecule has 1 N–H and O–H groups in total. The predicted octanol–water partition coefficient (Wildman–Crippen LogP) is 3.72. The molecular formula is C11H9ClN4S2. The Morgan fingerprint density at radius 2 is 2.22 bits per heavy atom. The molecule has 2 heterocycles. The van der Waals surface area contributed by atoms with Crippen molar-refractivity contribution in [2.75, 3.05) is 5.32 Å². The number of anilines is 1. The minimum absolute atomic E-state index is 0.664. The number of halogens is 1. The number of nitrogens with zero attached hydrogens (tertiary/aromatic N) is 3. The van der Waals surface area contributed by atoms with Gasteiger partial charge < -0.3 is 5.32 Å². The Morgan fingerprint density at radius 1 is 1.33 bits per heavy atom. The summed E-state index contributed by atoms with van der Waals surface area (Å²) in [5, 5.41) is 3.99. The molecule has 0 fully saturated rings. The highest BCUT2D eigenvalue weighted by Gasteiger charge is 2.10. The minimum atomic E-state index is 0.664.